The van der Waals surface area contributed by atoms with Crippen LogP contribution in [0.4, 0.5) is 5.69 Å². The average Bonchev–Trinajstić information content (AvgIpc) is 2.85. The summed E-state index contributed by atoms with van der Waals surface area (Å²) in [5.41, 5.74) is 3.02. The molecule has 4 rings (SSSR count). The van der Waals surface area contributed by atoms with Crippen LogP contribution < -0.4 is 20.3 Å². The van der Waals surface area contributed by atoms with Crippen molar-refractivity contribution in [3.63, 3.8) is 0 Å². The van der Waals surface area contributed by atoms with Crippen molar-refractivity contribution in [3.05, 3.63) is 94.5 Å². The number of fused-ring (bicyclic) bond motifs is 1. The van der Waals surface area contributed by atoms with Gasteiger partial charge in [-0.05, 0) is 79.3 Å². The Morgan fingerprint density at radius 2 is 1.88 bits per heavy atom. The number of nitrogens with zero attached hydrogens (tertiary/aromatic N) is 2. The van der Waals surface area contributed by atoms with Crippen LogP contribution in [0.5, 0.6) is 11.5 Å². The molecule has 2 N–H and O–H groups in total. The number of pyridine rings is 2. The molecule has 7 nitrogen and oxygen atoms in total. The lowest BCUT2D eigenvalue weighted by Crippen LogP contribution is -2.35. The Balaban J connectivity index is 1.62. The highest BCUT2D eigenvalue weighted by molar-refractivity contribution is 7.80. The van der Waals surface area contributed by atoms with Crippen molar-refractivity contribution in [1.29, 1.82) is 0 Å². The number of aromatic amines is 1. The number of aromatic nitrogens is 2. The van der Waals surface area contributed by atoms with Crippen molar-refractivity contribution >= 4 is 33.9 Å². The topological polar surface area (TPSA) is 79.5 Å². The highest BCUT2D eigenvalue weighted by Crippen LogP contribution is 2.21. The lowest BCUT2D eigenvalue weighted by atomic mass is 10.1. The number of benzene rings is 2. The molecule has 174 valence electrons. The Morgan fingerprint density at radius 1 is 1.09 bits per heavy atom. The van der Waals surface area contributed by atoms with Crippen LogP contribution in [-0.2, 0) is 13.1 Å². The molecule has 0 aliphatic carbocycles. The Morgan fingerprint density at radius 3 is 2.59 bits per heavy atom. The number of rotatable bonds is 8. The molecule has 2 aromatic carbocycles. The molecule has 0 aliphatic rings. The van der Waals surface area contributed by atoms with Crippen LogP contribution in [-0.4, -0.2) is 33.7 Å². The van der Waals surface area contributed by atoms with E-state index in [1.54, 1.807) is 19.5 Å². The molecule has 4 aromatic rings. The zero-order chi connectivity index (χ0) is 23.9. The number of thiocarbonyl (C=S) groups is 1. The summed E-state index contributed by atoms with van der Waals surface area (Å²) in [4.78, 5) is 22.0. The molecule has 34 heavy (non-hydrogen) atoms. The zero-order valence-electron chi connectivity index (χ0n) is 19.1. The summed E-state index contributed by atoms with van der Waals surface area (Å²) < 4.78 is 10.8. The number of anilines is 1. The second-order valence-electron chi connectivity index (χ2n) is 7.68. The predicted molar refractivity (Wildman–Crippen MR) is 138 cm³/mol. The van der Waals surface area contributed by atoms with E-state index in [2.05, 4.69) is 15.3 Å². The van der Waals surface area contributed by atoms with Crippen molar-refractivity contribution in [2.45, 2.75) is 20.0 Å². The van der Waals surface area contributed by atoms with Gasteiger partial charge in [0, 0.05) is 41.1 Å². The van der Waals surface area contributed by atoms with Crippen LogP contribution in [0.1, 0.15) is 18.1 Å². The number of hydrogen-bond acceptors (Lipinski definition) is 5. The molecular formula is C26H26N4O3S. The van der Waals surface area contributed by atoms with E-state index in [1.807, 2.05) is 72.5 Å². The van der Waals surface area contributed by atoms with Gasteiger partial charge in [-0.2, -0.15) is 0 Å². The fraction of sp³-hybridized carbons (Fsp3) is 0.192. The van der Waals surface area contributed by atoms with E-state index in [0.717, 1.165) is 33.7 Å². The minimum Gasteiger partial charge on any atom is -0.497 e. The van der Waals surface area contributed by atoms with Gasteiger partial charge in [0.2, 0.25) is 0 Å². The first kappa shape index (κ1) is 23.3. The Kier molecular flexibility index (Phi) is 7.39. The fourth-order valence-electron chi connectivity index (χ4n) is 3.60. The minimum atomic E-state index is -0.153. The van der Waals surface area contributed by atoms with Gasteiger partial charge in [0.1, 0.15) is 11.5 Å². The molecule has 0 aliphatic heterocycles. The molecule has 0 amide bonds. The van der Waals surface area contributed by atoms with Crippen LogP contribution in [0.25, 0.3) is 10.9 Å². The molecule has 2 aromatic heterocycles. The quantitative estimate of drug-likeness (QED) is 0.358. The van der Waals surface area contributed by atoms with E-state index in [1.165, 1.54) is 0 Å². The van der Waals surface area contributed by atoms with Crippen LogP contribution in [0.15, 0.2) is 77.9 Å². The number of H-pyrrole nitrogens is 1. The van der Waals surface area contributed by atoms with Gasteiger partial charge in [-0.15, -0.1) is 0 Å². The van der Waals surface area contributed by atoms with Crippen molar-refractivity contribution in [2.75, 3.05) is 19.0 Å². The number of ether oxygens (including phenoxy) is 2. The monoisotopic (exact) mass is 474 g/mol. The molecule has 2 heterocycles. The van der Waals surface area contributed by atoms with Crippen molar-refractivity contribution < 1.29 is 9.47 Å². The van der Waals surface area contributed by atoms with Crippen molar-refractivity contribution in [3.8, 4) is 11.5 Å². The average molecular weight is 475 g/mol. The van der Waals surface area contributed by atoms with E-state index in [-0.39, 0.29) is 5.56 Å². The summed E-state index contributed by atoms with van der Waals surface area (Å²) >= 11 is 5.74. The molecule has 0 saturated heterocycles. The Labute approximate surface area is 203 Å². The molecule has 0 saturated carbocycles. The maximum atomic E-state index is 12.9. The first-order valence-corrected chi connectivity index (χ1v) is 11.3. The fourth-order valence-corrected chi connectivity index (χ4v) is 3.84. The highest BCUT2D eigenvalue weighted by atomic mass is 32.1. The van der Waals surface area contributed by atoms with E-state index in [4.69, 9.17) is 21.7 Å². The van der Waals surface area contributed by atoms with E-state index >= 15 is 0 Å². The van der Waals surface area contributed by atoms with Crippen LogP contribution in [0.3, 0.4) is 0 Å². The third-order valence-corrected chi connectivity index (χ3v) is 5.65. The molecule has 0 atom stereocenters. The lowest BCUT2D eigenvalue weighted by molar-refractivity contribution is 0.340. The number of methoxy groups -OCH3 is 1. The first-order chi connectivity index (χ1) is 16.6. The number of hydrogen-bond donors (Lipinski definition) is 2. The standard InChI is InChI=1S/C26H26N4O3S/c1-3-33-23-10-11-24-19(14-23)13-20(25(31)29-24)17-30(16-18-5-4-12-27-15-18)26(34)28-21-6-8-22(32-2)9-7-21/h4-15H,3,16-17H2,1-2H3,(H,28,34)(H,29,31). The van der Waals surface area contributed by atoms with Crippen LogP contribution in [0, 0.1) is 0 Å². The Hall–Kier alpha value is -3.91. The van der Waals surface area contributed by atoms with Gasteiger partial charge in [0.05, 0.1) is 20.3 Å². The molecule has 0 unspecified atom stereocenters. The van der Waals surface area contributed by atoms with E-state index < -0.39 is 0 Å². The largest absolute Gasteiger partial charge is 0.497 e. The van der Waals surface area contributed by atoms with E-state index in [9.17, 15) is 4.79 Å². The summed E-state index contributed by atoms with van der Waals surface area (Å²) in [6.45, 7) is 3.33. The Bertz CT molecular complexity index is 1320. The number of nitrogens with one attached hydrogen (secondary N) is 2. The second kappa shape index (κ2) is 10.8. The SMILES string of the molecule is CCOc1ccc2[nH]c(=O)c(CN(Cc3cccnc3)C(=S)Nc3ccc(OC)cc3)cc2c1. The van der Waals surface area contributed by atoms with Crippen molar-refractivity contribution in [1.82, 2.24) is 14.9 Å². The third kappa shape index (κ3) is 5.71. The highest BCUT2D eigenvalue weighted by Gasteiger charge is 2.15. The second-order valence-corrected chi connectivity index (χ2v) is 8.07. The maximum Gasteiger partial charge on any atom is 0.253 e. The van der Waals surface area contributed by atoms with Gasteiger partial charge in [-0.3, -0.25) is 9.78 Å². The third-order valence-electron chi connectivity index (χ3n) is 5.29. The van der Waals surface area contributed by atoms with Crippen LogP contribution in [0.2, 0.25) is 0 Å². The normalized spacial score (nSPS) is 10.6. The summed E-state index contributed by atoms with van der Waals surface area (Å²) in [5.74, 6) is 1.52. The van der Waals surface area contributed by atoms with Crippen LogP contribution >= 0.6 is 12.2 Å². The van der Waals surface area contributed by atoms with Gasteiger partial charge >= 0.3 is 0 Å². The van der Waals surface area contributed by atoms with Gasteiger partial charge in [-0.25, -0.2) is 0 Å². The van der Waals surface area contributed by atoms with Gasteiger partial charge in [-0.1, -0.05) is 6.07 Å². The van der Waals surface area contributed by atoms with Crippen molar-refractivity contribution in [2.24, 2.45) is 0 Å². The summed E-state index contributed by atoms with van der Waals surface area (Å²) in [6.07, 6.45) is 3.52. The molecule has 0 spiro atoms. The van der Waals surface area contributed by atoms with Gasteiger partial charge in [0.25, 0.3) is 5.56 Å². The minimum absolute atomic E-state index is 0.153. The molecular weight excluding hydrogens is 448 g/mol. The lowest BCUT2D eigenvalue weighted by Gasteiger charge is -2.26. The zero-order valence-corrected chi connectivity index (χ0v) is 19.9. The molecule has 8 heteroatoms. The summed E-state index contributed by atoms with van der Waals surface area (Å²) in [6, 6.07) is 18.9. The smallest absolute Gasteiger partial charge is 0.253 e. The predicted octanol–water partition coefficient (Wildman–Crippen LogP) is 4.73. The maximum absolute atomic E-state index is 12.9. The van der Waals surface area contributed by atoms with Gasteiger partial charge < -0.3 is 24.7 Å². The molecule has 0 fully saturated rings. The van der Waals surface area contributed by atoms with E-state index in [0.29, 0.717) is 30.4 Å². The first-order valence-electron chi connectivity index (χ1n) is 10.9. The van der Waals surface area contributed by atoms with Gasteiger partial charge in [0.15, 0.2) is 5.11 Å². The molecule has 0 bridgehead atoms. The summed E-state index contributed by atoms with van der Waals surface area (Å²) in [5, 5.41) is 4.66. The molecule has 0 radical (unpaired) electrons. The summed E-state index contributed by atoms with van der Waals surface area (Å²) in [7, 11) is 1.63.